The predicted molar refractivity (Wildman–Crippen MR) is 55.6 cm³/mol. The SMILES string of the molecule is CCC(C)(C)N1CC2CC(N)C1C2. The van der Waals surface area contributed by atoms with Crippen molar-refractivity contribution in [2.24, 2.45) is 11.7 Å². The maximum atomic E-state index is 6.12. The molecule has 0 aromatic carbocycles. The molecule has 2 bridgehead atoms. The Morgan fingerprint density at radius 2 is 2.08 bits per heavy atom. The highest BCUT2D eigenvalue weighted by Crippen LogP contribution is 2.41. The molecule has 3 unspecified atom stereocenters. The molecule has 0 amide bonds. The average molecular weight is 182 g/mol. The Balaban J connectivity index is 2.11. The molecule has 0 radical (unpaired) electrons. The number of likely N-dealkylation sites (tertiary alicyclic amines) is 1. The van der Waals surface area contributed by atoms with Crippen LogP contribution in [0.4, 0.5) is 0 Å². The molecule has 2 heteroatoms. The summed E-state index contributed by atoms with van der Waals surface area (Å²) in [6.07, 6.45) is 3.84. The molecule has 1 heterocycles. The maximum absolute atomic E-state index is 6.12. The van der Waals surface area contributed by atoms with Crippen LogP contribution in [0.5, 0.6) is 0 Å². The quantitative estimate of drug-likeness (QED) is 0.703. The van der Waals surface area contributed by atoms with E-state index in [1.54, 1.807) is 0 Å². The summed E-state index contributed by atoms with van der Waals surface area (Å²) in [6, 6.07) is 1.13. The summed E-state index contributed by atoms with van der Waals surface area (Å²) in [5.74, 6) is 0.894. The van der Waals surface area contributed by atoms with Crippen LogP contribution < -0.4 is 5.73 Å². The van der Waals surface area contributed by atoms with E-state index < -0.39 is 0 Å². The summed E-state index contributed by atoms with van der Waals surface area (Å²) < 4.78 is 0. The lowest BCUT2D eigenvalue weighted by molar-refractivity contribution is 0.0695. The minimum Gasteiger partial charge on any atom is -0.326 e. The fourth-order valence-electron chi connectivity index (χ4n) is 2.97. The van der Waals surface area contributed by atoms with Gasteiger partial charge in [-0.25, -0.2) is 0 Å². The van der Waals surface area contributed by atoms with E-state index >= 15 is 0 Å². The Morgan fingerprint density at radius 3 is 2.54 bits per heavy atom. The van der Waals surface area contributed by atoms with E-state index in [0.29, 0.717) is 17.6 Å². The number of piperidine rings is 1. The molecule has 76 valence electrons. The first-order valence-corrected chi connectivity index (χ1v) is 5.57. The summed E-state index contributed by atoms with van der Waals surface area (Å²) in [4.78, 5) is 2.64. The molecule has 1 saturated carbocycles. The van der Waals surface area contributed by atoms with Crippen molar-refractivity contribution < 1.29 is 0 Å². The van der Waals surface area contributed by atoms with Gasteiger partial charge in [0.05, 0.1) is 0 Å². The summed E-state index contributed by atoms with van der Waals surface area (Å²) in [5, 5.41) is 0. The molecule has 0 spiro atoms. The maximum Gasteiger partial charge on any atom is 0.0255 e. The second-order valence-electron chi connectivity index (χ2n) is 5.39. The van der Waals surface area contributed by atoms with Gasteiger partial charge >= 0.3 is 0 Å². The van der Waals surface area contributed by atoms with Crippen molar-refractivity contribution in [3.63, 3.8) is 0 Å². The Kier molecular flexibility index (Phi) is 2.16. The van der Waals surface area contributed by atoms with Crippen molar-refractivity contribution in [2.75, 3.05) is 6.54 Å². The van der Waals surface area contributed by atoms with Gasteiger partial charge in [0.15, 0.2) is 0 Å². The zero-order chi connectivity index (χ0) is 9.64. The van der Waals surface area contributed by atoms with Gasteiger partial charge in [-0.3, -0.25) is 4.90 Å². The van der Waals surface area contributed by atoms with E-state index in [0.717, 1.165) is 5.92 Å². The molecular formula is C11H22N2. The van der Waals surface area contributed by atoms with E-state index in [1.165, 1.54) is 25.8 Å². The number of hydrogen-bond acceptors (Lipinski definition) is 2. The summed E-state index contributed by atoms with van der Waals surface area (Å²) in [7, 11) is 0. The minimum absolute atomic E-state index is 0.359. The lowest BCUT2D eigenvalue weighted by Gasteiger charge is -2.43. The van der Waals surface area contributed by atoms with Crippen molar-refractivity contribution in [1.29, 1.82) is 0 Å². The van der Waals surface area contributed by atoms with Crippen molar-refractivity contribution in [2.45, 2.75) is 57.7 Å². The van der Waals surface area contributed by atoms with Gasteiger partial charge in [0.1, 0.15) is 0 Å². The van der Waals surface area contributed by atoms with Gasteiger partial charge in [-0.1, -0.05) is 6.92 Å². The number of rotatable bonds is 2. The van der Waals surface area contributed by atoms with Gasteiger partial charge in [0, 0.05) is 24.2 Å². The second kappa shape index (κ2) is 2.96. The second-order valence-corrected chi connectivity index (χ2v) is 5.39. The number of nitrogens with zero attached hydrogens (tertiary/aromatic N) is 1. The number of fused-ring (bicyclic) bond motifs is 2. The van der Waals surface area contributed by atoms with E-state index in [-0.39, 0.29) is 0 Å². The predicted octanol–water partition coefficient (Wildman–Crippen LogP) is 1.60. The molecule has 2 rings (SSSR count). The topological polar surface area (TPSA) is 29.3 Å². The number of nitrogens with two attached hydrogens (primary N) is 1. The molecule has 0 aromatic rings. The first-order valence-electron chi connectivity index (χ1n) is 5.57. The van der Waals surface area contributed by atoms with E-state index in [1.807, 2.05) is 0 Å². The van der Waals surface area contributed by atoms with Crippen molar-refractivity contribution in [3.05, 3.63) is 0 Å². The fourth-order valence-corrected chi connectivity index (χ4v) is 2.97. The third-order valence-electron chi connectivity index (χ3n) is 4.17. The highest BCUT2D eigenvalue weighted by atomic mass is 15.3. The summed E-state index contributed by atoms with van der Waals surface area (Å²) in [5.41, 5.74) is 6.48. The molecule has 3 atom stereocenters. The van der Waals surface area contributed by atoms with Gasteiger partial charge in [0.2, 0.25) is 0 Å². The molecule has 0 aromatic heterocycles. The number of hydrogen-bond donors (Lipinski definition) is 1. The fraction of sp³-hybridized carbons (Fsp3) is 1.00. The van der Waals surface area contributed by atoms with Crippen molar-refractivity contribution in [3.8, 4) is 0 Å². The standard InChI is InChI=1S/C11H22N2/c1-4-11(2,3)13-7-8-5-9(12)10(13)6-8/h8-10H,4-7,12H2,1-3H3. The molecule has 2 fully saturated rings. The zero-order valence-corrected chi connectivity index (χ0v) is 9.09. The van der Waals surface area contributed by atoms with Crippen LogP contribution in [0, 0.1) is 5.92 Å². The normalized spacial score (nSPS) is 40.2. The van der Waals surface area contributed by atoms with Crippen LogP contribution in [-0.4, -0.2) is 29.1 Å². The first-order chi connectivity index (χ1) is 6.04. The third-order valence-corrected chi connectivity index (χ3v) is 4.17. The van der Waals surface area contributed by atoms with Crippen LogP contribution in [0.15, 0.2) is 0 Å². The van der Waals surface area contributed by atoms with Crippen LogP contribution in [0.3, 0.4) is 0 Å². The van der Waals surface area contributed by atoms with Gasteiger partial charge in [0.25, 0.3) is 0 Å². The molecule has 1 saturated heterocycles. The van der Waals surface area contributed by atoms with E-state index in [2.05, 4.69) is 25.7 Å². The van der Waals surface area contributed by atoms with Crippen LogP contribution >= 0.6 is 0 Å². The van der Waals surface area contributed by atoms with E-state index in [9.17, 15) is 0 Å². The molecule has 1 aliphatic carbocycles. The van der Waals surface area contributed by atoms with Crippen LogP contribution in [0.25, 0.3) is 0 Å². The van der Waals surface area contributed by atoms with Gasteiger partial charge in [-0.15, -0.1) is 0 Å². The molecule has 2 aliphatic rings. The lowest BCUT2D eigenvalue weighted by Crippen LogP contribution is -2.54. The minimum atomic E-state index is 0.359. The Labute approximate surface area is 81.5 Å². The lowest BCUT2D eigenvalue weighted by atomic mass is 9.94. The first kappa shape index (κ1) is 9.47. The van der Waals surface area contributed by atoms with Gasteiger partial charge < -0.3 is 5.73 Å². The Hall–Kier alpha value is -0.0800. The Morgan fingerprint density at radius 1 is 1.38 bits per heavy atom. The highest BCUT2D eigenvalue weighted by Gasteiger charge is 2.47. The monoisotopic (exact) mass is 182 g/mol. The summed E-state index contributed by atoms with van der Waals surface area (Å²) >= 11 is 0. The molecule has 1 aliphatic heterocycles. The molecule has 2 nitrogen and oxygen atoms in total. The van der Waals surface area contributed by atoms with Crippen LogP contribution in [0.2, 0.25) is 0 Å². The molecule has 13 heavy (non-hydrogen) atoms. The molecular weight excluding hydrogens is 160 g/mol. The largest absolute Gasteiger partial charge is 0.326 e. The molecule has 2 N–H and O–H groups in total. The smallest absolute Gasteiger partial charge is 0.0255 e. The van der Waals surface area contributed by atoms with Crippen molar-refractivity contribution >= 4 is 0 Å². The van der Waals surface area contributed by atoms with Gasteiger partial charge in [-0.05, 0) is 39.0 Å². The zero-order valence-electron chi connectivity index (χ0n) is 9.09. The summed E-state index contributed by atoms with van der Waals surface area (Å²) in [6.45, 7) is 8.26. The third kappa shape index (κ3) is 1.40. The van der Waals surface area contributed by atoms with Crippen LogP contribution in [0.1, 0.15) is 40.0 Å². The average Bonchev–Trinajstić information content (AvgIpc) is 2.62. The van der Waals surface area contributed by atoms with Crippen LogP contribution in [-0.2, 0) is 0 Å². The van der Waals surface area contributed by atoms with E-state index in [4.69, 9.17) is 5.73 Å². The van der Waals surface area contributed by atoms with Crippen molar-refractivity contribution in [1.82, 2.24) is 4.90 Å². The highest BCUT2D eigenvalue weighted by molar-refractivity contribution is 5.04. The Bertz CT molecular complexity index is 200. The van der Waals surface area contributed by atoms with Gasteiger partial charge in [-0.2, -0.15) is 0 Å².